The Balaban J connectivity index is 1.85. The minimum Gasteiger partial charge on any atom is -0.399 e. The molecule has 0 bridgehead atoms. The zero-order valence-corrected chi connectivity index (χ0v) is 14.4. The van der Waals surface area contributed by atoms with Crippen LogP contribution in [0.5, 0.6) is 0 Å². The zero-order chi connectivity index (χ0) is 15.6. The minimum atomic E-state index is -0.547. The van der Waals surface area contributed by atoms with Gasteiger partial charge in [-0.2, -0.15) is 0 Å². The number of halogens is 2. The van der Waals surface area contributed by atoms with E-state index in [1.54, 1.807) is 0 Å². The van der Waals surface area contributed by atoms with Crippen LogP contribution in [-0.4, -0.2) is 46.0 Å². The van der Waals surface area contributed by atoms with Crippen LogP contribution in [0.4, 0.5) is 0 Å². The van der Waals surface area contributed by atoms with Crippen LogP contribution in [0.25, 0.3) is 0 Å². The molecule has 1 saturated heterocycles. The summed E-state index contributed by atoms with van der Waals surface area (Å²) in [7, 11) is 0. The van der Waals surface area contributed by atoms with Gasteiger partial charge in [-0.3, -0.25) is 0 Å². The highest BCUT2D eigenvalue weighted by atomic mass is 35.5. The maximum atomic E-state index is 9.83. The second-order valence-corrected chi connectivity index (χ2v) is 7.76. The molecule has 0 aromatic heterocycles. The molecule has 2 aliphatic rings. The van der Waals surface area contributed by atoms with E-state index in [0.717, 1.165) is 50.2 Å². The third-order valence-corrected chi connectivity index (χ3v) is 5.91. The third kappa shape index (κ3) is 4.16. The molecule has 1 aliphatic carbocycles. The van der Waals surface area contributed by atoms with Gasteiger partial charge in [0.2, 0.25) is 0 Å². The number of piperidine rings is 1. The van der Waals surface area contributed by atoms with Gasteiger partial charge in [-0.1, -0.05) is 13.0 Å². The smallest absolute Gasteiger partial charge is 0.0831 e. The van der Waals surface area contributed by atoms with Gasteiger partial charge < -0.3 is 15.7 Å². The molecule has 120 valence electrons. The Kier molecular flexibility index (Phi) is 5.64. The van der Waals surface area contributed by atoms with Crippen molar-refractivity contribution in [3.8, 4) is 0 Å². The number of nitrogens with two attached hydrogens (primary N) is 1. The van der Waals surface area contributed by atoms with Gasteiger partial charge in [-0.25, -0.2) is 0 Å². The number of β-amino-alcohol motifs (C(OH)–C–C–N with tert-alkyl or cyclic N) is 1. The molecule has 1 aliphatic heterocycles. The topological polar surface area (TPSA) is 49.5 Å². The largest absolute Gasteiger partial charge is 0.399 e. The highest BCUT2D eigenvalue weighted by Gasteiger charge is 2.37. The molecule has 0 spiro atoms. The second kappa shape index (κ2) is 6.91. The van der Waals surface area contributed by atoms with Crippen molar-refractivity contribution in [2.45, 2.75) is 49.5 Å². The Labute approximate surface area is 137 Å². The maximum absolute atomic E-state index is 9.83. The zero-order valence-electron chi connectivity index (χ0n) is 12.9. The standard InChI is InChI=1S/C16H26Cl2N2O/c1-11-8-13(21)10-20(9-11)7-3-5-16(18)6-4-14(19)12(2)15(16)17/h4,6,11,13,15,21H,3,5,7-10,19H2,1-2H3/t11-,13-,15-,16?/m0/s1. The first-order valence-electron chi connectivity index (χ1n) is 7.70. The normalized spacial score (nSPS) is 38.0. The van der Waals surface area contributed by atoms with Crippen molar-refractivity contribution in [2.24, 2.45) is 11.7 Å². The number of hydrogen-bond donors (Lipinski definition) is 2. The first-order valence-corrected chi connectivity index (χ1v) is 8.52. The van der Waals surface area contributed by atoms with Crippen molar-refractivity contribution in [3.05, 3.63) is 23.4 Å². The number of alkyl halides is 2. The Hall–Kier alpha value is -0.220. The number of likely N-dealkylation sites (tertiary alicyclic amines) is 1. The summed E-state index contributed by atoms with van der Waals surface area (Å²) in [6, 6.07) is 0. The molecule has 3 N–H and O–H groups in total. The number of aliphatic hydroxyl groups is 1. The van der Waals surface area contributed by atoms with Crippen molar-refractivity contribution >= 4 is 23.2 Å². The summed E-state index contributed by atoms with van der Waals surface area (Å²) in [5.41, 5.74) is 7.56. The van der Waals surface area contributed by atoms with E-state index in [1.165, 1.54) is 0 Å². The average molecular weight is 333 g/mol. The summed E-state index contributed by atoms with van der Waals surface area (Å²) in [6.07, 6.45) is 6.29. The van der Waals surface area contributed by atoms with Gasteiger partial charge in [0.1, 0.15) is 0 Å². The second-order valence-electron chi connectivity index (χ2n) is 6.62. The summed E-state index contributed by atoms with van der Waals surface area (Å²) in [4.78, 5) is 1.78. The summed E-state index contributed by atoms with van der Waals surface area (Å²) in [5, 5.41) is 9.58. The van der Waals surface area contributed by atoms with Gasteiger partial charge in [0, 0.05) is 18.8 Å². The van der Waals surface area contributed by atoms with Crippen LogP contribution in [0.2, 0.25) is 0 Å². The minimum absolute atomic E-state index is 0.195. The van der Waals surface area contributed by atoms with Crippen molar-refractivity contribution in [1.82, 2.24) is 4.90 Å². The first kappa shape index (κ1) is 17.1. The lowest BCUT2D eigenvalue weighted by atomic mass is 9.88. The fourth-order valence-corrected chi connectivity index (χ4v) is 4.01. The maximum Gasteiger partial charge on any atom is 0.0831 e. The molecule has 1 unspecified atom stereocenters. The van der Waals surface area contributed by atoms with E-state index in [4.69, 9.17) is 28.9 Å². The SMILES string of the molecule is CC1=C(N)C=CC(Cl)(CCCN2C[C@@H](C)C[C@H](O)C2)[C@H]1Cl. The van der Waals surface area contributed by atoms with E-state index >= 15 is 0 Å². The molecule has 4 atom stereocenters. The van der Waals surface area contributed by atoms with Crippen molar-refractivity contribution in [3.63, 3.8) is 0 Å². The van der Waals surface area contributed by atoms with Crippen molar-refractivity contribution in [2.75, 3.05) is 19.6 Å². The van der Waals surface area contributed by atoms with Gasteiger partial charge in [0.25, 0.3) is 0 Å². The van der Waals surface area contributed by atoms with E-state index in [2.05, 4.69) is 11.8 Å². The molecule has 1 heterocycles. The van der Waals surface area contributed by atoms with Crippen LogP contribution >= 0.6 is 23.2 Å². The van der Waals surface area contributed by atoms with Gasteiger partial charge in [-0.15, -0.1) is 23.2 Å². The highest BCUT2D eigenvalue weighted by molar-refractivity contribution is 6.35. The summed E-state index contributed by atoms with van der Waals surface area (Å²) >= 11 is 13.1. The van der Waals surface area contributed by atoms with E-state index in [0.29, 0.717) is 5.92 Å². The molecule has 2 rings (SSSR count). The van der Waals surface area contributed by atoms with Crippen molar-refractivity contribution in [1.29, 1.82) is 0 Å². The summed E-state index contributed by atoms with van der Waals surface area (Å²) < 4.78 is 0. The molecule has 0 radical (unpaired) electrons. The highest BCUT2D eigenvalue weighted by Crippen LogP contribution is 2.39. The molecule has 1 fully saturated rings. The molecule has 0 aromatic rings. The van der Waals surface area contributed by atoms with E-state index in [-0.39, 0.29) is 11.5 Å². The predicted octanol–water partition coefficient (Wildman–Crippen LogP) is 2.86. The number of aliphatic hydroxyl groups excluding tert-OH is 1. The molecule has 0 aromatic carbocycles. The number of allylic oxidation sites excluding steroid dienone is 3. The van der Waals surface area contributed by atoms with Gasteiger partial charge in [0.05, 0.1) is 16.4 Å². The quantitative estimate of drug-likeness (QED) is 0.778. The Morgan fingerprint density at radius 1 is 1.48 bits per heavy atom. The van der Waals surface area contributed by atoms with Gasteiger partial charge in [-0.05, 0) is 50.3 Å². The average Bonchev–Trinajstić information content (AvgIpc) is 2.40. The number of nitrogens with zero attached hydrogens (tertiary/aromatic N) is 1. The molecule has 0 amide bonds. The summed E-state index contributed by atoms with van der Waals surface area (Å²) in [6.45, 7) is 6.90. The fraction of sp³-hybridized carbons (Fsp3) is 0.750. The molecule has 21 heavy (non-hydrogen) atoms. The Morgan fingerprint density at radius 2 is 2.19 bits per heavy atom. The van der Waals surface area contributed by atoms with Crippen molar-refractivity contribution < 1.29 is 5.11 Å². The van der Waals surface area contributed by atoms with E-state index in [9.17, 15) is 5.11 Å². The third-order valence-electron chi connectivity index (χ3n) is 4.54. The van der Waals surface area contributed by atoms with Crippen LogP contribution in [0.15, 0.2) is 23.4 Å². The first-order chi connectivity index (χ1) is 9.82. The Morgan fingerprint density at radius 3 is 2.86 bits per heavy atom. The number of hydrogen-bond acceptors (Lipinski definition) is 3. The van der Waals surface area contributed by atoms with Gasteiger partial charge >= 0.3 is 0 Å². The fourth-order valence-electron chi connectivity index (χ4n) is 3.34. The van der Waals surface area contributed by atoms with E-state index < -0.39 is 4.87 Å². The van der Waals surface area contributed by atoms with E-state index in [1.807, 2.05) is 19.1 Å². The van der Waals surface area contributed by atoms with Crippen LogP contribution < -0.4 is 5.73 Å². The van der Waals surface area contributed by atoms with Crippen LogP contribution in [0.1, 0.15) is 33.1 Å². The lowest BCUT2D eigenvalue weighted by Gasteiger charge is -2.36. The van der Waals surface area contributed by atoms with Crippen LogP contribution in [0.3, 0.4) is 0 Å². The molecule has 5 heteroatoms. The molecule has 0 saturated carbocycles. The molecular weight excluding hydrogens is 307 g/mol. The summed E-state index contributed by atoms with van der Waals surface area (Å²) in [5.74, 6) is 0.555. The lowest BCUT2D eigenvalue weighted by molar-refractivity contribution is 0.0438. The van der Waals surface area contributed by atoms with Crippen LogP contribution in [0, 0.1) is 5.92 Å². The molecule has 3 nitrogen and oxygen atoms in total. The lowest BCUT2D eigenvalue weighted by Crippen LogP contribution is -2.43. The molecular formula is C16H26Cl2N2O. The predicted molar refractivity (Wildman–Crippen MR) is 89.7 cm³/mol. The number of rotatable bonds is 4. The van der Waals surface area contributed by atoms with Gasteiger partial charge in [0.15, 0.2) is 0 Å². The monoisotopic (exact) mass is 332 g/mol. The Bertz CT molecular complexity index is 428. The van der Waals surface area contributed by atoms with Crippen LogP contribution in [-0.2, 0) is 0 Å².